The van der Waals surface area contributed by atoms with Crippen LogP contribution < -0.4 is 4.90 Å². The van der Waals surface area contributed by atoms with Crippen LogP contribution in [0.4, 0.5) is 5.82 Å². The fourth-order valence-corrected chi connectivity index (χ4v) is 2.09. The van der Waals surface area contributed by atoms with Crippen molar-refractivity contribution < 1.29 is 0 Å². The largest absolute Gasteiger partial charge is 0.357 e. The van der Waals surface area contributed by atoms with Crippen molar-refractivity contribution in [2.24, 2.45) is 0 Å². The molecule has 0 atom stereocenters. The first-order valence-corrected chi connectivity index (χ1v) is 7.09. The van der Waals surface area contributed by atoms with E-state index in [0.717, 1.165) is 43.9 Å². The van der Waals surface area contributed by atoms with Crippen LogP contribution in [0.2, 0.25) is 0 Å². The second-order valence-corrected chi connectivity index (χ2v) is 4.57. The van der Waals surface area contributed by atoms with Crippen LogP contribution in [0.1, 0.15) is 44.9 Å². The van der Waals surface area contributed by atoms with Crippen molar-refractivity contribution in [2.45, 2.75) is 45.9 Å². The minimum Gasteiger partial charge on any atom is -0.357 e. The molecule has 0 amide bonds. The molecule has 0 aliphatic rings. The van der Waals surface area contributed by atoms with E-state index in [1.165, 1.54) is 5.56 Å². The highest BCUT2D eigenvalue weighted by molar-refractivity contribution is 6.17. The standard InChI is InChI=1S/C14H23ClN2/c1-4-7-17(8-5-2)14-10-12(11-15)9-13(6-3)16-14/h9-10H,4-8,11H2,1-3H3. The molecular formula is C14H23ClN2. The second kappa shape index (κ2) is 7.54. The monoisotopic (exact) mass is 254 g/mol. The van der Waals surface area contributed by atoms with Crippen LogP contribution in [-0.4, -0.2) is 18.1 Å². The molecule has 0 spiro atoms. The Hall–Kier alpha value is -0.760. The van der Waals surface area contributed by atoms with Gasteiger partial charge in [-0.05, 0) is 37.0 Å². The lowest BCUT2D eigenvalue weighted by molar-refractivity contribution is 0.730. The third-order valence-electron chi connectivity index (χ3n) is 2.75. The number of aromatic nitrogens is 1. The van der Waals surface area contributed by atoms with Crippen molar-refractivity contribution in [2.75, 3.05) is 18.0 Å². The van der Waals surface area contributed by atoms with Crippen molar-refractivity contribution in [3.05, 3.63) is 23.4 Å². The van der Waals surface area contributed by atoms with Crippen LogP contribution in [0.5, 0.6) is 0 Å². The Balaban J connectivity index is 2.99. The van der Waals surface area contributed by atoms with Gasteiger partial charge in [-0.25, -0.2) is 4.98 Å². The van der Waals surface area contributed by atoms with E-state index in [2.05, 4.69) is 37.8 Å². The van der Waals surface area contributed by atoms with Gasteiger partial charge in [-0.15, -0.1) is 11.6 Å². The molecule has 96 valence electrons. The maximum Gasteiger partial charge on any atom is 0.129 e. The number of halogens is 1. The third-order valence-corrected chi connectivity index (χ3v) is 3.06. The Morgan fingerprint density at radius 1 is 1.12 bits per heavy atom. The van der Waals surface area contributed by atoms with Crippen molar-refractivity contribution >= 4 is 17.4 Å². The van der Waals surface area contributed by atoms with E-state index in [9.17, 15) is 0 Å². The number of hydrogen-bond donors (Lipinski definition) is 0. The first-order valence-electron chi connectivity index (χ1n) is 6.55. The van der Waals surface area contributed by atoms with Crippen LogP contribution in [0, 0.1) is 0 Å². The molecule has 3 heteroatoms. The first kappa shape index (κ1) is 14.3. The summed E-state index contributed by atoms with van der Waals surface area (Å²) in [5.41, 5.74) is 2.31. The van der Waals surface area contributed by atoms with Crippen molar-refractivity contribution in [1.82, 2.24) is 4.98 Å². The summed E-state index contributed by atoms with van der Waals surface area (Å²) in [6.45, 7) is 8.67. The molecule has 2 nitrogen and oxygen atoms in total. The van der Waals surface area contributed by atoms with E-state index >= 15 is 0 Å². The van der Waals surface area contributed by atoms with Gasteiger partial charge in [-0.3, -0.25) is 0 Å². The van der Waals surface area contributed by atoms with Crippen molar-refractivity contribution in [3.63, 3.8) is 0 Å². The molecule has 17 heavy (non-hydrogen) atoms. The Labute approximate surface area is 110 Å². The number of pyridine rings is 1. The van der Waals surface area contributed by atoms with Gasteiger partial charge in [0.25, 0.3) is 0 Å². The smallest absolute Gasteiger partial charge is 0.129 e. The molecule has 0 N–H and O–H groups in total. The van der Waals surface area contributed by atoms with E-state index in [4.69, 9.17) is 16.6 Å². The highest BCUT2D eigenvalue weighted by atomic mass is 35.5. The highest BCUT2D eigenvalue weighted by Crippen LogP contribution is 2.18. The third kappa shape index (κ3) is 4.19. The molecule has 0 radical (unpaired) electrons. The average molecular weight is 255 g/mol. The van der Waals surface area contributed by atoms with Gasteiger partial charge in [0.1, 0.15) is 5.82 Å². The Morgan fingerprint density at radius 2 is 1.76 bits per heavy atom. The lowest BCUT2D eigenvalue weighted by Crippen LogP contribution is -2.26. The van der Waals surface area contributed by atoms with Gasteiger partial charge in [0.15, 0.2) is 0 Å². The number of alkyl halides is 1. The zero-order valence-electron chi connectivity index (χ0n) is 11.2. The predicted molar refractivity (Wildman–Crippen MR) is 76.0 cm³/mol. The molecular weight excluding hydrogens is 232 g/mol. The minimum absolute atomic E-state index is 0.564. The molecule has 1 heterocycles. The fourth-order valence-electron chi connectivity index (χ4n) is 1.93. The molecule has 0 aromatic carbocycles. The molecule has 0 saturated heterocycles. The van der Waals surface area contributed by atoms with Gasteiger partial charge >= 0.3 is 0 Å². The highest BCUT2D eigenvalue weighted by Gasteiger charge is 2.08. The summed E-state index contributed by atoms with van der Waals surface area (Å²) in [4.78, 5) is 7.06. The lowest BCUT2D eigenvalue weighted by atomic mass is 10.2. The molecule has 1 rings (SSSR count). The molecule has 0 bridgehead atoms. The van der Waals surface area contributed by atoms with Gasteiger partial charge in [0.2, 0.25) is 0 Å². The van der Waals surface area contributed by atoms with Crippen molar-refractivity contribution in [3.8, 4) is 0 Å². The minimum atomic E-state index is 0.564. The number of rotatable bonds is 7. The van der Waals surface area contributed by atoms with E-state index in [0.29, 0.717) is 5.88 Å². The molecule has 0 fully saturated rings. The van der Waals surface area contributed by atoms with Crippen LogP contribution in [-0.2, 0) is 12.3 Å². The molecule has 1 aromatic rings. The van der Waals surface area contributed by atoms with Crippen LogP contribution >= 0.6 is 11.6 Å². The number of nitrogens with zero attached hydrogens (tertiary/aromatic N) is 2. The Bertz CT molecular complexity index is 311. The number of aryl methyl sites for hydroxylation is 1. The normalized spacial score (nSPS) is 10.6. The fraction of sp³-hybridized carbons (Fsp3) is 0.643. The Kier molecular flexibility index (Phi) is 6.35. The quantitative estimate of drug-likeness (QED) is 0.684. The van der Waals surface area contributed by atoms with Gasteiger partial charge in [-0.2, -0.15) is 0 Å². The van der Waals surface area contributed by atoms with Gasteiger partial charge < -0.3 is 4.90 Å². The van der Waals surface area contributed by atoms with Crippen molar-refractivity contribution in [1.29, 1.82) is 0 Å². The van der Waals surface area contributed by atoms with Gasteiger partial charge in [0.05, 0.1) is 0 Å². The summed E-state index contributed by atoms with van der Waals surface area (Å²) in [6, 6.07) is 4.23. The molecule has 0 aliphatic heterocycles. The van der Waals surface area contributed by atoms with Crippen LogP contribution in [0.3, 0.4) is 0 Å². The molecule has 0 unspecified atom stereocenters. The lowest BCUT2D eigenvalue weighted by Gasteiger charge is -2.23. The molecule has 0 saturated carbocycles. The van der Waals surface area contributed by atoms with E-state index < -0.39 is 0 Å². The topological polar surface area (TPSA) is 16.1 Å². The maximum absolute atomic E-state index is 5.94. The summed E-state index contributed by atoms with van der Waals surface area (Å²) in [5.74, 6) is 1.65. The number of hydrogen-bond acceptors (Lipinski definition) is 2. The summed E-state index contributed by atoms with van der Waals surface area (Å²) in [6.07, 6.45) is 3.26. The zero-order valence-corrected chi connectivity index (χ0v) is 11.9. The molecule has 1 aromatic heterocycles. The summed E-state index contributed by atoms with van der Waals surface area (Å²) < 4.78 is 0. The Morgan fingerprint density at radius 3 is 2.24 bits per heavy atom. The summed E-state index contributed by atoms with van der Waals surface area (Å²) in [7, 11) is 0. The van der Waals surface area contributed by atoms with E-state index in [1.807, 2.05) is 0 Å². The van der Waals surface area contributed by atoms with Gasteiger partial charge in [-0.1, -0.05) is 20.8 Å². The summed E-state index contributed by atoms with van der Waals surface area (Å²) in [5, 5.41) is 0. The SMILES string of the molecule is CCCN(CCC)c1cc(CCl)cc(CC)n1. The maximum atomic E-state index is 5.94. The summed E-state index contributed by atoms with van der Waals surface area (Å²) >= 11 is 5.94. The van der Waals surface area contributed by atoms with E-state index in [-0.39, 0.29) is 0 Å². The molecule has 0 aliphatic carbocycles. The average Bonchev–Trinajstić information content (AvgIpc) is 2.37. The van der Waals surface area contributed by atoms with E-state index in [1.54, 1.807) is 0 Å². The van der Waals surface area contributed by atoms with Crippen LogP contribution in [0.25, 0.3) is 0 Å². The second-order valence-electron chi connectivity index (χ2n) is 4.30. The zero-order chi connectivity index (χ0) is 12.7. The number of anilines is 1. The predicted octanol–water partition coefficient (Wildman–Crippen LogP) is 4.01. The first-order chi connectivity index (χ1) is 8.24. The van der Waals surface area contributed by atoms with Crippen LogP contribution in [0.15, 0.2) is 12.1 Å². The van der Waals surface area contributed by atoms with Gasteiger partial charge in [0, 0.05) is 24.7 Å².